The molecule has 170 valence electrons. The van der Waals surface area contributed by atoms with Gasteiger partial charge in [-0.1, -0.05) is 11.6 Å². The molecule has 0 fully saturated rings. The molecule has 2 aromatic heterocycles. The monoisotopic (exact) mass is 479 g/mol. The number of aromatic nitrogens is 4. The van der Waals surface area contributed by atoms with Crippen LogP contribution in [0.5, 0.6) is 0 Å². The number of hydrogen-bond acceptors (Lipinski definition) is 4. The molecule has 0 bridgehead atoms. The molecule has 7 nitrogen and oxygen atoms in total. The van der Waals surface area contributed by atoms with Crippen molar-refractivity contribution in [2.24, 2.45) is 0 Å². The molecule has 4 rings (SSSR count). The Morgan fingerprint density at radius 3 is 2.64 bits per heavy atom. The number of carbonyl (C=O) groups is 1. The summed E-state index contributed by atoms with van der Waals surface area (Å²) >= 11 is 6.09. The van der Waals surface area contributed by atoms with Crippen molar-refractivity contribution in [3.63, 3.8) is 0 Å². The van der Waals surface area contributed by atoms with Gasteiger partial charge >= 0.3 is 6.18 Å². The molecule has 1 amide bonds. The van der Waals surface area contributed by atoms with Gasteiger partial charge in [0.25, 0.3) is 5.56 Å². The lowest BCUT2D eigenvalue weighted by atomic mass is 10.2. The number of anilines is 1. The van der Waals surface area contributed by atoms with Gasteiger partial charge in [0, 0.05) is 6.07 Å². The highest BCUT2D eigenvalue weighted by molar-refractivity contribution is 6.32. The van der Waals surface area contributed by atoms with Crippen LogP contribution in [-0.2, 0) is 17.5 Å². The first kappa shape index (κ1) is 22.5. The Hall–Kier alpha value is -3.73. The number of halogens is 5. The topological polar surface area (TPSA) is 81.8 Å². The fraction of sp³-hybridized carbons (Fsp3) is 0.143. The van der Waals surface area contributed by atoms with Gasteiger partial charge in [0.2, 0.25) is 5.91 Å². The molecule has 12 heteroatoms. The van der Waals surface area contributed by atoms with Gasteiger partial charge in [0.1, 0.15) is 18.2 Å². The third-order valence-corrected chi connectivity index (χ3v) is 5.02. The number of hydrogen-bond donors (Lipinski definition) is 1. The lowest BCUT2D eigenvalue weighted by Gasteiger charge is -2.13. The average molecular weight is 480 g/mol. The fourth-order valence-corrected chi connectivity index (χ4v) is 3.40. The molecule has 0 aliphatic heterocycles. The van der Waals surface area contributed by atoms with Crippen molar-refractivity contribution < 1.29 is 22.4 Å². The van der Waals surface area contributed by atoms with Gasteiger partial charge in [-0.05, 0) is 43.3 Å². The summed E-state index contributed by atoms with van der Waals surface area (Å²) in [5, 5.41) is 6.62. The molecule has 2 heterocycles. The molecule has 0 saturated heterocycles. The smallest absolute Gasteiger partial charge is 0.309 e. The average Bonchev–Trinajstić information content (AvgIpc) is 3.09. The van der Waals surface area contributed by atoms with Crippen LogP contribution in [0.4, 0.5) is 23.4 Å². The van der Waals surface area contributed by atoms with Crippen LogP contribution in [0.15, 0.2) is 53.6 Å². The van der Waals surface area contributed by atoms with Crippen molar-refractivity contribution in [3.8, 4) is 5.69 Å². The molecule has 0 unspecified atom stereocenters. The van der Waals surface area contributed by atoms with Gasteiger partial charge in [-0.3, -0.25) is 14.2 Å². The zero-order valence-corrected chi connectivity index (χ0v) is 17.6. The Labute approximate surface area is 188 Å². The van der Waals surface area contributed by atoms with E-state index in [1.54, 1.807) is 6.92 Å². The molecule has 0 spiro atoms. The van der Waals surface area contributed by atoms with E-state index in [9.17, 15) is 27.2 Å². The number of alkyl halides is 3. The molecule has 0 aliphatic carbocycles. The van der Waals surface area contributed by atoms with E-state index in [2.05, 4.69) is 15.4 Å². The Balaban J connectivity index is 1.64. The van der Waals surface area contributed by atoms with Crippen LogP contribution in [-0.4, -0.2) is 25.2 Å². The summed E-state index contributed by atoms with van der Waals surface area (Å²) in [5.74, 6) is -1.26. The van der Waals surface area contributed by atoms with Crippen molar-refractivity contribution in [3.05, 3.63) is 81.2 Å². The van der Waals surface area contributed by atoms with E-state index in [-0.39, 0.29) is 27.4 Å². The van der Waals surface area contributed by atoms with Crippen LogP contribution in [0.1, 0.15) is 11.3 Å². The second-order valence-corrected chi connectivity index (χ2v) is 7.54. The first-order valence-corrected chi connectivity index (χ1v) is 9.79. The number of carbonyl (C=O) groups excluding carboxylic acids is 1. The molecule has 4 aromatic rings. The van der Waals surface area contributed by atoms with Crippen LogP contribution in [0.3, 0.4) is 0 Å². The van der Waals surface area contributed by atoms with E-state index < -0.39 is 35.6 Å². The predicted molar refractivity (Wildman–Crippen MR) is 113 cm³/mol. The summed E-state index contributed by atoms with van der Waals surface area (Å²) in [4.78, 5) is 29.2. The second-order valence-electron chi connectivity index (χ2n) is 7.13. The van der Waals surface area contributed by atoms with E-state index >= 15 is 0 Å². The number of fused-ring (bicyclic) bond motifs is 1. The number of rotatable bonds is 4. The van der Waals surface area contributed by atoms with Gasteiger partial charge in [-0.25, -0.2) is 14.1 Å². The third kappa shape index (κ3) is 4.58. The van der Waals surface area contributed by atoms with Crippen molar-refractivity contribution in [2.45, 2.75) is 19.6 Å². The van der Waals surface area contributed by atoms with Crippen LogP contribution in [0.25, 0.3) is 16.6 Å². The zero-order valence-electron chi connectivity index (χ0n) is 16.8. The normalized spacial score (nSPS) is 11.7. The maximum Gasteiger partial charge on any atom is 0.416 e. The van der Waals surface area contributed by atoms with Gasteiger partial charge in [-0.15, -0.1) is 0 Å². The van der Waals surface area contributed by atoms with E-state index in [0.717, 1.165) is 45.9 Å². The maximum atomic E-state index is 13.5. The van der Waals surface area contributed by atoms with E-state index in [1.165, 1.54) is 12.1 Å². The Morgan fingerprint density at radius 1 is 1.15 bits per heavy atom. The lowest BCUT2D eigenvalue weighted by molar-refractivity contribution is -0.137. The second kappa shape index (κ2) is 8.32. The summed E-state index contributed by atoms with van der Waals surface area (Å²) in [6.45, 7) is 1.11. The van der Waals surface area contributed by atoms with Crippen molar-refractivity contribution in [1.29, 1.82) is 0 Å². The van der Waals surface area contributed by atoms with Crippen LogP contribution in [0.2, 0.25) is 5.02 Å². The van der Waals surface area contributed by atoms with Crippen molar-refractivity contribution in [2.75, 3.05) is 5.32 Å². The third-order valence-electron chi connectivity index (χ3n) is 4.70. The zero-order chi connectivity index (χ0) is 23.9. The maximum absolute atomic E-state index is 13.5. The minimum absolute atomic E-state index is 0.00179. The standard InChI is InChI=1S/C21H14ClF4N5O2/c1-11-6-18(31(29-11)17-7-12(21(24,25)26)2-4-15(17)22)28-19(32)9-30-10-27-16-5-3-13(23)8-14(16)20(30)33/h2-8,10H,9H2,1H3,(H,28,32). The highest BCUT2D eigenvalue weighted by Gasteiger charge is 2.31. The fourth-order valence-electron chi connectivity index (χ4n) is 3.20. The Bertz CT molecular complexity index is 1450. The summed E-state index contributed by atoms with van der Waals surface area (Å²) < 4.78 is 55.0. The number of nitrogens with zero attached hydrogens (tertiary/aromatic N) is 4. The van der Waals surface area contributed by atoms with Crippen LogP contribution < -0.4 is 10.9 Å². The number of aryl methyl sites for hydroxylation is 1. The van der Waals surface area contributed by atoms with E-state index in [4.69, 9.17) is 11.6 Å². The number of amides is 1. The van der Waals surface area contributed by atoms with Gasteiger partial charge in [0.15, 0.2) is 0 Å². The molecule has 33 heavy (non-hydrogen) atoms. The molecule has 0 aliphatic rings. The Kier molecular flexibility index (Phi) is 5.66. The molecule has 2 aromatic carbocycles. The number of benzene rings is 2. The van der Waals surface area contributed by atoms with Crippen LogP contribution >= 0.6 is 11.6 Å². The summed E-state index contributed by atoms with van der Waals surface area (Å²) in [5.41, 5.74) is -0.978. The van der Waals surface area contributed by atoms with E-state index in [1.807, 2.05) is 0 Å². The summed E-state index contributed by atoms with van der Waals surface area (Å²) in [6, 6.07) is 7.70. The first-order chi connectivity index (χ1) is 15.5. The lowest BCUT2D eigenvalue weighted by Crippen LogP contribution is -2.28. The minimum atomic E-state index is -4.60. The van der Waals surface area contributed by atoms with Crippen LogP contribution in [0, 0.1) is 12.7 Å². The number of nitrogens with one attached hydrogen (secondary N) is 1. The summed E-state index contributed by atoms with van der Waals surface area (Å²) in [6.07, 6.45) is -3.46. The predicted octanol–water partition coefficient (Wildman–Crippen LogP) is 4.34. The molecular formula is C21H14ClF4N5O2. The highest BCUT2D eigenvalue weighted by atomic mass is 35.5. The van der Waals surface area contributed by atoms with Gasteiger partial charge in [0.05, 0.1) is 39.2 Å². The SMILES string of the molecule is Cc1cc(NC(=O)Cn2cnc3ccc(F)cc3c2=O)n(-c2cc(C(F)(F)F)ccc2Cl)n1. The van der Waals surface area contributed by atoms with Crippen molar-refractivity contribution in [1.82, 2.24) is 19.3 Å². The largest absolute Gasteiger partial charge is 0.416 e. The first-order valence-electron chi connectivity index (χ1n) is 9.41. The molecule has 0 saturated carbocycles. The molecule has 0 radical (unpaired) electrons. The minimum Gasteiger partial charge on any atom is -0.309 e. The van der Waals surface area contributed by atoms with Gasteiger partial charge in [-0.2, -0.15) is 18.3 Å². The van der Waals surface area contributed by atoms with Crippen molar-refractivity contribution >= 4 is 34.2 Å². The highest BCUT2D eigenvalue weighted by Crippen LogP contribution is 2.34. The molecular weight excluding hydrogens is 466 g/mol. The molecule has 1 N–H and O–H groups in total. The summed E-state index contributed by atoms with van der Waals surface area (Å²) in [7, 11) is 0. The Morgan fingerprint density at radius 2 is 1.91 bits per heavy atom. The van der Waals surface area contributed by atoms with Gasteiger partial charge < -0.3 is 5.32 Å². The van der Waals surface area contributed by atoms with E-state index in [0.29, 0.717) is 5.69 Å². The molecule has 0 atom stereocenters. The quantitative estimate of drug-likeness (QED) is 0.441.